The first-order valence-electron chi connectivity index (χ1n) is 8.42. The molecule has 0 bridgehead atoms. The fraction of sp³-hybridized carbons (Fsp3) is 0.222. The highest BCUT2D eigenvalue weighted by molar-refractivity contribution is 8.00. The lowest BCUT2D eigenvalue weighted by atomic mass is 10.3. The number of carbonyl (C=O) groups is 1. The minimum Gasteiger partial charge on any atom is -0.492 e. The third-order valence-electron chi connectivity index (χ3n) is 3.67. The number of thioether (sulfide) groups is 1. The van der Waals surface area contributed by atoms with Crippen LogP contribution in [-0.4, -0.2) is 38.0 Å². The summed E-state index contributed by atoms with van der Waals surface area (Å²) in [5.74, 6) is -0.155. The van der Waals surface area contributed by atoms with E-state index < -0.39 is 11.1 Å². The maximum Gasteiger partial charge on any atom is 0.237 e. The molecule has 146 valence electrons. The standard InChI is InChI=1S/C18H17ClFN5O2S/c1-3-27-16-7-5-4-6-15(16)25-18(22-23-24-25)28-11(2)17(26)21-14-9-8-12(20)10-13(14)19/h4-11H,3H2,1-2H3,(H,21,26)/t11-/m0/s1. The van der Waals surface area contributed by atoms with Crippen molar-refractivity contribution in [1.82, 2.24) is 20.2 Å². The molecule has 0 saturated heterocycles. The molecule has 28 heavy (non-hydrogen) atoms. The van der Waals surface area contributed by atoms with Gasteiger partial charge >= 0.3 is 0 Å². The third kappa shape index (κ3) is 4.60. The van der Waals surface area contributed by atoms with Gasteiger partial charge in [0.2, 0.25) is 11.1 Å². The first-order chi connectivity index (χ1) is 13.5. The Balaban J connectivity index is 1.76. The van der Waals surface area contributed by atoms with Crippen molar-refractivity contribution in [2.45, 2.75) is 24.3 Å². The second-order valence-corrected chi connectivity index (χ2v) is 7.36. The molecule has 3 aromatic rings. The predicted octanol–water partition coefficient (Wildman–Crippen LogP) is 3.97. The number of amides is 1. The highest BCUT2D eigenvalue weighted by Crippen LogP contribution is 2.29. The van der Waals surface area contributed by atoms with Crippen LogP contribution >= 0.6 is 23.4 Å². The Bertz CT molecular complexity index is 984. The number of halogens is 2. The Morgan fingerprint density at radius 3 is 2.89 bits per heavy atom. The number of hydrogen-bond donors (Lipinski definition) is 1. The van der Waals surface area contributed by atoms with Gasteiger partial charge < -0.3 is 10.1 Å². The van der Waals surface area contributed by atoms with E-state index in [1.165, 1.54) is 28.6 Å². The SMILES string of the molecule is CCOc1ccccc1-n1nnnc1S[C@@H](C)C(=O)Nc1ccc(F)cc1Cl. The van der Waals surface area contributed by atoms with Gasteiger partial charge in [0.1, 0.15) is 17.3 Å². The maximum atomic E-state index is 13.2. The number of hydrogen-bond acceptors (Lipinski definition) is 6. The molecule has 0 spiro atoms. The van der Waals surface area contributed by atoms with Gasteiger partial charge in [0, 0.05) is 0 Å². The van der Waals surface area contributed by atoms with Gasteiger partial charge in [0.05, 0.1) is 22.6 Å². The number of benzene rings is 2. The van der Waals surface area contributed by atoms with E-state index in [1.807, 2.05) is 31.2 Å². The number of nitrogens with zero attached hydrogens (tertiary/aromatic N) is 4. The molecular weight excluding hydrogens is 405 g/mol. The van der Waals surface area contributed by atoms with E-state index in [2.05, 4.69) is 20.8 Å². The smallest absolute Gasteiger partial charge is 0.237 e. The molecule has 1 heterocycles. The maximum absolute atomic E-state index is 13.2. The van der Waals surface area contributed by atoms with E-state index in [0.29, 0.717) is 28.9 Å². The molecule has 1 N–H and O–H groups in total. The molecule has 0 aliphatic rings. The first kappa shape index (κ1) is 20.1. The van der Waals surface area contributed by atoms with Gasteiger partial charge in [-0.3, -0.25) is 4.79 Å². The van der Waals surface area contributed by atoms with Crippen LogP contribution in [0.3, 0.4) is 0 Å². The van der Waals surface area contributed by atoms with Gasteiger partial charge in [-0.1, -0.05) is 35.5 Å². The molecule has 1 aromatic heterocycles. The molecule has 1 amide bonds. The van der Waals surface area contributed by atoms with Crippen molar-refractivity contribution in [2.75, 3.05) is 11.9 Å². The Kier molecular flexibility index (Phi) is 6.48. The summed E-state index contributed by atoms with van der Waals surface area (Å²) in [7, 11) is 0. The molecule has 7 nitrogen and oxygen atoms in total. The Labute approximate surface area is 170 Å². The summed E-state index contributed by atoms with van der Waals surface area (Å²) in [6.07, 6.45) is 0. The molecule has 10 heteroatoms. The largest absolute Gasteiger partial charge is 0.492 e. The van der Waals surface area contributed by atoms with Crippen molar-refractivity contribution >= 4 is 35.0 Å². The fourth-order valence-electron chi connectivity index (χ4n) is 2.35. The van der Waals surface area contributed by atoms with Crippen LogP contribution in [0.15, 0.2) is 47.6 Å². The zero-order chi connectivity index (χ0) is 20.1. The summed E-state index contributed by atoms with van der Waals surface area (Å²) in [6, 6.07) is 11.1. The summed E-state index contributed by atoms with van der Waals surface area (Å²) < 4.78 is 20.3. The second-order valence-electron chi connectivity index (χ2n) is 5.65. The normalized spacial score (nSPS) is 11.9. The molecular formula is C18H17ClFN5O2S. The minimum absolute atomic E-state index is 0.126. The first-order valence-corrected chi connectivity index (χ1v) is 9.68. The van der Waals surface area contributed by atoms with Crippen LogP contribution in [0, 0.1) is 5.82 Å². The summed E-state index contributed by atoms with van der Waals surface area (Å²) in [6.45, 7) is 4.10. The van der Waals surface area contributed by atoms with Crippen molar-refractivity contribution in [3.05, 3.63) is 53.3 Å². The lowest BCUT2D eigenvalue weighted by molar-refractivity contribution is -0.115. The second kappa shape index (κ2) is 9.03. The van der Waals surface area contributed by atoms with E-state index in [0.717, 1.165) is 6.07 Å². The topological polar surface area (TPSA) is 81.9 Å². The van der Waals surface area contributed by atoms with Crippen LogP contribution in [-0.2, 0) is 4.79 Å². The van der Waals surface area contributed by atoms with Gasteiger partial charge in [0.25, 0.3) is 0 Å². The number of tetrazole rings is 1. The number of rotatable bonds is 7. The molecule has 0 fully saturated rings. The van der Waals surface area contributed by atoms with Gasteiger partial charge in [-0.25, -0.2) is 4.39 Å². The third-order valence-corrected chi connectivity index (χ3v) is 5.02. The lowest BCUT2D eigenvalue weighted by Crippen LogP contribution is -2.23. The van der Waals surface area contributed by atoms with Gasteiger partial charge in [-0.15, -0.1) is 5.10 Å². The molecule has 2 aromatic carbocycles. The average Bonchev–Trinajstić information content (AvgIpc) is 3.12. The Hall–Kier alpha value is -2.65. The molecule has 1 atom stereocenters. The molecule has 0 unspecified atom stereocenters. The van der Waals surface area contributed by atoms with Crippen molar-refractivity contribution in [1.29, 1.82) is 0 Å². The van der Waals surface area contributed by atoms with Gasteiger partial charge in [-0.2, -0.15) is 4.68 Å². The number of carbonyl (C=O) groups excluding carboxylic acids is 1. The van der Waals surface area contributed by atoms with Crippen molar-refractivity contribution in [2.24, 2.45) is 0 Å². The van der Waals surface area contributed by atoms with Crippen molar-refractivity contribution < 1.29 is 13.9 Å². The summed E-state index contributed by atoms with van der Waals surface area (Å²) in [5.41, 5.74) is 1.01. The zero-order valence-electron chi connectivity index (χ0n) is 15.1. The predicted molar refractivity (Wildman–Crippen MR) is 106 cm³/mol. The number of ether oxygens (including phenoxy) is 1. The van der Waals surface area contributed by atoms with Crippen LogP contribution in [0.4, 0.5) is 10.1 Å². The Morgan fingerprint density at radius 1 is 1.36 bits per heavy atom. The van der Waals surface area contributed by atoms with Gasteiger partial charge in [0.15, 0.2) is 0 Å². The average molecular weight is 422 g/mol. The molecule has 3 rings (SSSR count). The van der Waals surface area contributed by atoms with E-state index in [1.54, 1.807) is 6.92 Å². The zero-order valence-corrected chi connectivity index (χ0v) is 16.7. The quantitative estimate of drug-likeness (QED) is 0.581. The van der Waals surface area contributed by atoms with Crippen LogP contribution < -0.4 is 10.1 Å². The summed E-state index contributed by atoms with van der Waals surface area (Å²) in [4.78, 5) is 12.5. The van der Waals surface area contributed by atoms with Crippen molar-refractivity contribution in [3.63, 3.8) is 0 Å². The fourth-order valence-corrected chi connectivity index (χ4v) is 3.37. The number of anilines is 1. The van der Waals surface area contributed by atoms with Crippen LogP contribution in [0.25, 0.3) is 5.69 Å². The summed E-state index contributed by atoms with van der Waals surface area (Å²) >= 11 is 7.14. The highest BCUT2D eigenvalue weighted by Gasteiger charge is 2.21. The van der Waals surface area contributed by atoms with E-state index in [9.17, 15) is 9.18 Å². The molecule has 0 saturated carbocycles. The molecule has 0 radical (unpaired) electrons. The highest BCUT2D eigenvalue weighted by atomic mass is 35.5. The van der Waals surface area contributed by atoms with Crippen LogP contribution in [0.1, 0.15) is 13.8 Å². The number of aromatic nitrogens is 4. The van der Waals surface area contributed by atoms with E-state index in [4.69, 9.17) is 16.3 Å². The van der Waals surface area contributed by atoms with E-state index in [-0.39, 0.29) is 10.9 Å². The Morgan fingerprint density at radius 2 is 2.14 bits per heavy atom. The monoisotopic (exact) mass is 421 g/mol. The minimum atomic E-state index is -0.537. The lowest BCUT2D eigenvalue weighted by Gasteiger charge is -2.14. The van der Waals surface area contributed by atoms with E-state index >= 15 is 0 Å². The number of nitrogens with one attached hydrogen (secondary N) is 1. The molecule has 0 aliphatic heterocycles. The molecule has 0 aliphatic carbocycles. The van der Waals surface area contributed by atoms with Crippen LogP contribution in [0.2, 0.25) is 5.02 Å². The van der Waals surface area contributed by atoms with Crippen molar-refractivity contribution in [3.8, 4) is 11.4 Å². The van der Waals surface area contributed by atoms with Crippen LogP contribution in [0.5, 0.6) is 5.75 Å². The van der Waals surface area contributed by atoms with Gasteiger partial charge in [-0.05, 0) is 54.6 Å². The number of para-hydroxylation sites is 2. The summed E-state index contributed by atoms with van der Waals surface area (Å²) in [5, 5.41) is 14.4.